The van der Waals surface area contributed by atoms with Crippen LogP contribution < -0.4 is 15.5 Å². The van der Waals surface area contributed by atoms with Crippen molar-refractivity contribution >= 4 is 34.7 Å². The van der Waals surface area contributed by atoms with Crippen LogP contribution in [0.1, 0.15) is 53.4 Å². The van der Waals surface area contributed by atoms with E-state index in [1.807, 2.05) is 18.2 Å². The van der Waals surface area contributed by atoms with Gasteiger partial charge >= 0.3 is 0 Å². The maximum Gasteiger partial charge on any atom is 0.261 e. The van der Waals surface area contributed by atoms with E-state index in [1.165, 1.54) is 22.7 Å². The predicted octanol–water partition coefficient (Wildman–Crippen LogP) is 4.10. The van der Waals surface area contributed by atoms with Crippen molar-refractivity contribution in [1.29, 1.82) is 0 Å². The van der Waals surface area contributed by atoms with Crippen LogP contribution >= 0.6 is 11.3 Å². The Labute approximate surface area is 203 Å². The number of carbonyl (C=O) groups excluding carboxylic acids is 3. The molecule has 0 spiro atoms. The lowest BCUT2D eigenvalue weighted by Gasteiger charge is -2.33. The zero-order valence-electron chi connectivity index (χ0n) is 18.9. The molecule has 34 heavy (non-hydrogen) atoms. The molecule has 0 unspecified atom stereocenters. The number of amides is 3. The second kappa shape index (κ2) is 11.6. The summed E-state index contributed by atoms with van der Waals surface area (Å²) in [6, 6.07) is 15.3. The van der Waals surface area contributed by atoms with E-state index in [4.69, 9.17) is 0 Å². The van der Waals surface area contributed by atoms with Crippen molar-refractivity contribution in [1.82, 2.24) is 15.6 Å². The Hall–Kier alpha value is -3.52. The van der Waals surface area contributed by atoms with E-state index in [1.54, 1.807) is 54.2 Å². The summed E-state index contributed by atoms with van der Waals surface area (Å²) in [4.78, 5) is 45.8. The fourth-order valence-corrected chi connectivity index (χ4v) is 4.88. The molecule has 3 aromatic rings. The molecule has 4 rings (SSSR count). The molecule has 0 radical (unpaired) electrons. The summed E-state index contributed by atoms with van der Waals surface area (Å²) in [5, 5.41) is 7.66. The Morgan fingerprint density at radius 1 is 1.00 bits per heavy atom. The van der Waals surface area contributed by atoms with Crippen LogP contribution in [0.25, 0.3) is 0 Å². The second-order valence-corrected chi connectivity index (χ2v) is 9.24. The number of anilines is 1. The molecular weight excluding hydrogens is 448 g/mol. The molecule has 0 saturated heterocycles. The summed E-state index contributed by atoms with van der Waals surface area (Å²) in [6.07, 6.45) is 8.45. The molecule has 1 aromatic carbocycles. The maximum absolute atomic E-state index is 13.6. The average Bonchev–Trinajstić information content (AvgIpc) is 3.42. The third-order valence-corrected chi connectivity index (χ3v) is 6.78. The molecule has 2 heterocycles. The van der Waals surface area contributed by atoms with Gasteiger partial charge in [-0.15, -0.1) is 11.3 Å². The number of thiophene rings is 1. The van der Waals surface area contributed by atoms with Gasteiger partial charge in [-0.05, 0) is 42.5 Å². The lowest BCUT2D eigenvalue weighted by atomic mass is 9.94. The summed E-state index contributed by atoms with van der Waals surface area (Å²) in [7, 11) is 0. The van der Waals surface area contributed by atoms with Crippen molar-refractivity contribution in [2.24, 2.45) is 0 Å². The predicted molar refractivity (Wildman–Crippen MR) is 133 cm³/mol. The van der Waals surface area contributed by atoms with Gasteiger partial charge in [0.15, 0.2) is 0 Å². The largest absolute Gasteiger partial charge is 0.351 e. The van der Waals surface area contributed by atoms with Crippen LogP contribution in [0.4, 0.5) is 5.69 Å². The minimum absolute atomic E-state index is 0.0895. The quantitative estimate of drug-likeness (QED) is 0.512. The van der Waals surface area contributed by atoms with Crippen LogP contribution in [0.5, 0.6) is 0 Å². The van der Waals surface area contributed by atoms with Crippen LogP contribution in [-0.4, -0.2) is 35.3 Å². The van der Waals surface area contributed by atoms with E-state index in [-0.39, 0.29) is 30.3 Å². The topological polar surface area (TPSA) is 91.4 Å². The first kappa shape index (κ1) is 23.6. The summed E-state index contributed by atoms with van der Waals surface area (Å²) in [5.74, 6) is -0.952. The fraction of sp³-hybridized carbons (Fsp3) is 0.308. The molecular formula is C26H28N4O3S. The Bertz CT molecular complexity index is 1080. The van der Waals surface area contributed by atoms with Gasteiger partial charge in [0, 0.05) is 29.7 Å². The average molecular weight is 477 g/mol. The molecule has 3 amide bonds. The van der Waals surface area contributed by atoms with Crippen molar-refractivity contribution in [3.8, 4) is 0 Å². The van der Waals surface area contributed by atoms with Gasteiger partial charge in [0.2, 0.25) is 11.8 Å². The smallest absolute Gasteiger partial charge is 0.261 e. The Morgan fingerprint density at radius 3 is 2.47 bits per heavy atom. The molecule has 0 aliphatic heterocycles. The monoisotopic (exact) mass is 476 g/mol. The van der Waals surface area contributed by atoms with Crippen molar-refractivity contribution in [2.75, 3.05) is 11.4 Å². The van der Waals surface area contributed by atoms with Gasteiger partial charge in [0.1, 0.15) is 6.04 Å². The number of nitrogens with one attached hydrogen (secondary N) is 2. The second-order valence-electron chi connectivity index (χ2n) is 8.29. The van der Waals surface area contributed by atoms with Crippen LogP contribution in [0.3, 0.4) is 0 Å². The molecule has 2 aromatic heterocycles. The number of nitrogens with zero attached hydrogens (tertiary/aromatic N) is 2. The Kier molecular flexibility index (Phi) is 8.04. The van der Waals surface area contributed by atoms with Crippen LogP contribution in [0, 0.1) is 0 Å². The van der Waals surface area contributed by atoms with Crippen molar-refractivity contribution < 1.29 is 14.4 Å². The number of hydrogen-bond donors (Lipinski definition) is 2. The molecule has 1 aliphatic carbocycles. The van der Waals surface area contributed by atoms with Crippen molar-refractivity contribution in [3.63, 3.8) is 0 Å². The summed E-state index contributed by atoms with van der Waals surface area (Å²) in [5.41, 5.74) is 1.18. The first-order valence-corrected chi connectivity index (χ1v) is 12.4. The number of aromatic nitrogens is 1. The number of para-hydroxylation sites is 1. The van der Waals surface area contributed by atoms with E-state index in [2.05, 4.69) is 15.6 Å². The molecule has 1 aliphatic rings. The van der Waals surface area contributed by atoms with Gasteiger partial charge < -0.3 is 10.6 Å². The molecule has 7 nitrogen and oxygen atoms in total. The van der Waals surface area contributed by atoms with Crippen LogP contribution in [-0.2, 0) is 9.59 Å². The third-order valence-electron chi connectivity index (χ3n) is 5.91. The van der Waals surface area contributed by atoms with Crippen LogP contribution in [0.15, 0.2) is 72.4 Å². The lowest BCUT2D eigenvalue weighted by molar-refractivity contribution is -0.127. The summed E-state index contributed by atoms with van der Waals surface area (Å²) < 4.78 is 0. The highest BCUT2D eigenvalue weighted by Crippen LogP contribution is 2.28. The summed E-state index contributed by atoms with van der Waals surface area (Å²) in [6.45, 7) is -0.237. The number of carbonyl (C=O) groups is 3. The molecule has 0 bridgehead atoms. The fourth-order valence-electron chi connectivity index (χ4n) is 4.24. The minimum Gasteiger partial charge on any atom is -0.351 e. The SMILES string of the molecule is O=C(NCC(=O)N(c1ccccc1)[C@H](C(=O)NC1CCCCC1)c1cccnc1)c1cccs1. The van der Waals surface area contributed by atoms with E-state index >= 15 is 0 Å². The first-order chi connectivity index (χ1) is 16.6. The van der Waals surface area contributed by atoms with Crippen molar-refractivity contribution in [3.05, 3.63) is 82.8 Å². The van der Waals surface area contributed by atoms with E-state index in [0.717, 1.165) is 25.7 Å². The number of rotatable bonds is 8. The highest BCUT2D eigenvalue weighted by atomic mass is 32.1. The number of hydrogen-bond acceptors (Lipinski definition) is 5. The standard InChI is InChI=1S/C26H28N4O3S/c31-23(18-28-25(32)22-14-8-16-34-22)30(21-12-5-2-6-13-21)24(19-9-7-15-27-17-19)26(33)29-20-10-3-1-4-11-20/h2,5-9,12-17,20,24H,1,3-4,10-11,18H2,(H,28,32)(H,29,33)/t24-/m0/s1. The van der Waals surface area contributed by atoms with Gasteiger partial charge in [-0.25, -0.2) is 0 Å². The lowest BCUT2D eigenvalue weighted by Crippen LogP contribution is -2.49. The summed E-state index contributed by atoms with van der Waals surface area (Å²) >= 11 is 1.31. The van der Waals surface area contributed by atoms with Crippen molar-refractivity contribution in [2.45, 2.75) is 44.2 Å². The van der Waals surface area contributed by atoms with Gasteiger partial charge in [0.25, 0.3) is 5.91 Å². The van der Waals surface area contributed by atoms with Gasteiger partial charge in [-0.2, -0.15) is 0 Å². The number of benzene rings is 1. The zero-order valence-corrected chi connectivity index (χ0v) is 19.7. The van der Waals surface area contributed by atoms with E-state index in [0.29, 0.717) is 16.1 Å². The Morgan fingerprint density at radius 2 is 1.79 bits per heavy atom. The highest BCUT2D eigenvalue weighted by Gasteiger charge is 2.34. The van der Waals surface area contributed by atoms with Gasteiger partial charge in [-0.3, -0.25) is 24.3 Å². The Balaban J connectivity index is 1.63. The maximum atomic E-state index is 13.6. The molecule has 176 valence electrons. The molecule has 1 atom stereocenters. The van der Waals surface area contributed by atoms with E-state index in [9.17, 15) is 14.4 Å². The molecule has 1 fully saturated rings. The van der Waals surface area contributed by atoms with Gasteiger partial charge in [-0.1, -0.05) is 49.6 Å². The molecule has 8 heteroatoms. The van der Waals surface area contributed by atoms with E-state index < -0.39 is 6.04 Å². The van der Waals surface area contributed by atoms with Gasteiger partial charge in [0.05, 0.1) is 11.4 Å². The first-order valence-electron chi connectivity index (χ1n) is 11.5. The minimum atomic E-state index is -0.913. The number of pyridine rings is 1. The molecule has 1 saturated carbocycles. The highest BCUT2D eigenvalue weighted by molar-refractivity contribution is 7.12. The molecule has 2 N–H and O–H groups in total. The zero-order chi connectivity index (χ0) is 23.8. The normalized spacial score (nSPS) is 14.7. The third kappa shape index (κ3) is 5.88. The van der Waals surface area contributed by atoms with Crippen LogP contribution in [0.2, 0.25) is 0 Å².